The fourth-order valence-corrected chi connectivity index (χ4v) is 2.95. The third-order valence-electron chi connectivity index (χ3n) is 4.63. The first-order chi connectivity index (χ1) is 15.8. The van der Waals surface area contributed by atoms with Gasteiger partial charge >= 0.3 is 11.9 Å². The van der Waals surface area contributed by atoms with Crippen molar-refractivity contribution >= 4 is 46.7 Å². The molecule has 0 saturated heterocycles. The van der Waals surface area contributed by atoms with Gasteiger partial charge in [-0.2, -0.15) is 10.2 Å². The van der Waals surface area contributed by atoms with Crippen molar-refractivity contribution in [3.63, 3.8) is 0 Å². The molecule has 2 heterocycles. The number of nitrogens with one attached hydrogen (secondary N) is 4. The van der Waals surface area contributed by atoms with Crippen LogP contribution in [0.1, 0.15) is 23.2 Å². The van der Waals surface area contributed by atoms with Crippen LogP contribution in [0.5, 0.6) is 0 Å². The van der Waals surface area contributed by atoms with Crippen LogP contribution in [0.4, 0.5) is 23.1 Å². The number of hydrogen-bond acceptors (Lipinski definition) is 11. The van der Waals surface area contributed by atoms with E-state index in [9.17, 15) is 24.3 Å². The van der Waals surface area contributed by atoms with Crippen LogP contribution in [0.3, 0.4) is 0 Å². The molecule has 0 spiro atoms. The van der Waals surface area contributed by atoms with Crippen molar-refractivity contribution < 1.29 is 29.6 Å². The maximum atomic E-state index is 12.3. The number of carboxylic acid groups (broad SMARTS) is 1. The lowest BCUT2D eigenvalue weighted by Crippen LogP contribution is -2.41. The third-order valence-corrected chi connectivity index (χ3v) is 4.63. The molecule has 8 N–H and O–H groups in total. The van der Waals surface area contributed by atoms with Gasteiger partial charge in [-0.25, -0.2) is 14.6 Å². The number of aromatic amines is 1. The van der Waals surface area contributed by atoms with E-state index in [-0.39, 0.29) is 30.0 Å². The largest absolute Gasteiger partial charge is 0.480 e. The van der Waals surface area contributed by atoms with Crippen LogP contribution in [0.2, 0.25) is 0 Å². The van der Waals surface area contributed by atoms with Crippen molar-refractivity contribution in [1.29, 1.82) is 0 Å². The number of carboxylic acids is 1. The maximum absolute atomic E-state index is 12.3. The van der Waals surface area contributed by atoms with Gasteiger partial charge in [-0.15, -0.1) is 0 Å². The molecular formula is C19H21N7O7. The minimum atomic E-state index is -1.33. The van der Waals surface area contributed by atoms with Crippen LogP contribution in [0, 0.1) is 0 Å². The Hall–Kier alpha value is -4.46. The molecule has 0 bridgehead atoms. The Bertz CT molecular complexity index is 1140. The van der Waals surface area contributed by atoms with E-state index in [0.29, 0.717) is 30.3 Å². The van der Waals surface area contributed by atoms with Gasteiger partial charge in [0, 0.05) is 11.3 Å². The predicted molar refractivity (Wildman–Crippen MR) is 117 cm³/mol. The monoisotopic (exact) mass is 459 g/mol. The fourth-order valence-electron chi connectivity index (χ4n) is 2.95. The Morgan fingerprint density at radius 1 is 1.24 bits per heavy atom. The van der Waals surface area contributed by atoms with E-state index in [1.807, 2.05) is 0 Å². The number of anilines is 3. The van der Waals surface area contributed by atoms with Crippen LogP contribution in [-0.2, 0) is 14.5 Å². The first-order valence-electron chi connectivity index (χ1n) is 9.68. The molecule has 14 heteroatoms. The highest BCUT2D eigenvalue weighted by Crippen LogP contribution is 2.21. The second-order valence-corrected chi connectivity index (χ2v) is 6.98. The molecular weight excluding hydrogens is 438 g/mol. The van der Waals surface area contributed by atoms with Crippen molar-refractivity contribution in [3.05, 3.63) is 40.2 Å². The predicted octanol–water partition coefficient (Wildman–Crippen LogP) is -0.0584. The van der Waals surface area contributed by atoms with Crippen molar-refractivity contribution in [1.82, 2.24) is 15.3 Å². The number of fused-ring (bicyclic) bond motifs is 1. The number of carbonyl (C=O) groups is 3. The minimum absolute atomic E-state index is 0.00510. The standard InChI is InChI=1S/C19H21N7O7/c20-19-25-15-14(17(29)26-19)23-11(8-22-15)7-21-10-3-1-9(2-4-10)16(28)24-12(18(30)31)5-6-13(27)33-32/h1-4,12,21,32H,5-8H2,(H,24,28)(H,30,31)(H4,20,22,25,26,29)/t12-/m0/s1. The zero-order chi connectivity index (χ0) is 24.0. The molecule has 1 atom stereocenters. The average molecular weight is 459 g/mol. The summed E-state index contributed by atoms with van der Waals surface area (Å²) in [7, 11) is 0. The van der Waals surface area contributed by atoms with E-state index in [1.165, 1.54) is 12.1 Å². The number of hydrogen-bond donors (Lipinski definition) is 7. The van der Waals surface area contributed by atoms with E-state index < -0.39 is 29.4 Å². The molecule has 174 valence electrons. The van der Waals surface area contributed by atoms with Crippen molar-refractivity contribution in [2.45, 2.75) is 18.9 Å². The van der Waals surface area contributed by atoms with Gasteiger partial charge in [0.1, 0.15) is 6.04 Å². The quantitative estimate of drug-likeness (QED) is 0.194. The van der Waals surface area contributed by atoms with Gasteiger partial charge in [0.15, 0.2) is 11.5 Å². The van der Waals surface area contributed by atoms with Gasteiger partial charge in [-0.3, -0.25) is 14.6 Å². The molecule has 0 saturated carbocycles. The summed E-state index contributed by atoms with van der Waals surface area (Å²) in [6, 6.07) is 4.89. The van der Waals surface area contributed by atoms with Gasteiger partial charge < -0.3 is 31.7 Å². The second-order valence-electron chi connectivity index (χ2n) is 6.98. The molecule has 1 aromatic heterocycles. The van der Waals surface area contributed by atoms with E-state index in [2.05, 4.69) is 35.8 Å². The molecule has 33 heavy (non-hydrogen) atoms. The summed E-state index contributed by atoms with van der Waals surface area (Å²) in [5, 5.41) is 25.8. The molecule has 2 aromatic rings. The molecule has 0 fully saturated rings. The number of aromatic nitrogens is 2. The second kappa shape index (κ2) is 10.2. The van der Waals surface area contributed by atoms with Crippen LogP contribution in [0.25, 0.3) is 0 Å². The van der Waals surface area contributed by atoms with Crippen molar-refractivity contribution in [2.24, 2.45) is 4.99 Å². The molecule has 0 unspecified atom stereocenters. The molecule has 1 aliphatic heterocycles. The van der Waals surface area contributed by atoms with E-state index in [4.69, 9.17) is 11.0 Å². The molecule has 0 aliphatic carbocycles. The van der Waals surface area contributed by atoms with E-state index in [0.717, 1.165) is 0 Å². The molecule has 0 radical (unpaired) electrons. The van der Waals surface area contributed by atoms with Gasteiger partial charge in [0.2, 0.25) is 5.95 Å². The van der Waals surface area contributed by atoms with Crippen LogP contribution < -0.4 is 27.2 Å². The van der Waals surface area contributed by atoms with Gasteiger partial charge in [-0.1, -0.05) is 0 Å². The van der Waals surface area contributed by atoms with Crippen LogP contribution in [0.15, 0.2) is 34.1 Å². The lowest BCUT2D eigenvalue weighted by Gasteiger charge is -2.17. The number of nitrogens with two attached hydrogens (primary N) is 1. The number of nitrogen functional groups attached to an aromatic ring is 1. The summed E-state index contributed by atoms with van der Waals surface area (Å²) in [5.74, 6) is -2.67. The van der Waals surface area contributed by atoms with Crippen molar-refractivity contribution in [2.75, 3.05) is 29.5 Å². The molecule has 3 rings (SSSR count). The smallest absolute Gasteiger partial charge is 0.342 e. The van der Waals surface area contributed by atoms with Crippen LogP contribution >= 0.6 is 0 Å². The van der Waals surface area contributed by atoms with Crippen molar-refractivity contribution in [3.8, 4) is 0 Å². The number of benzene rings is 1. The highest BCUT2D eigenvalue weighted by atomic mass is 17.1. The lowest BCUT2D eigenvalue weighted by molar-refractivity contribution is -0.234. The number of H-pyrrole nitrogens is 1. The first-order valence-corrected chi connectivity index (χ1v) is 9.68. The summed E-state index contributed by atoms with van der Waals surface area (Å²) in [4.78, 5) is 60.7. The minimum Gasteiger partial charge on any atom is -0.480 e. The fraction of sp³-hybridized carbons (Fsp3) is 0.263. The molecule has 1 amide bonds. The number of nitrogens with zero attached hydrogens (tertiary/aromatic N) is 2. The molecule has 1 aromatic carbocycles. The average Bonchev–Trinajstić information content (AvgIpc) is 2.80. The number of amides is 1. The summed E-state index contributed by atoms with van der Waals surface area (Å²) in [6.45, 7) is 0.667. The lowest BCUT2D eigenvalue weighted by atomic mass is 10.1. The highest BCUT2D eigenvalue weighted by Gasteiger charge is 2.22. The van der Waals surface area contributed by atoms with E-state index >= 15 is 0 Å². The summed E-state index contributed by atoms with van der Waals surface area (Å²) in [6.07, 6.45) is -0.626. The normalized spacial score (nSPS) is 13.1. The first kappa shape index (κ1) is 23.2. The number of rotatable bonds is 9. The summed E-state index contributed by atoms with van der Waals surface area (Å²) in [5.41, 5.74) is 6.70. The van der Waals surface area contributed by atoms with E-state index in [1.54, 1.807) is 12.1 Å². The Labute approximate surface area is 185 Å². The topological polar surface area (TPSA) is 221 Å². The number of aliphatic imine (C=N–C) groups is 1. The molecule has 14 nitrogen and oxygen atoms in total. The number of carbonyl (C=O) groups excluding carboxylic acids is 2. The Morgan fingerprint density at radius 2 is 1.97 bits per heavy atom. The van der Waals surface area contributed by atoms with Gasteiger partial charge in [0.25, 0.3) is 11.5 Å². The SMILES string of the molecule is Nc1nc2c(c(=O)[nH]1)N=C(CNc1ccc(C(=O)N[C@@H](CCC(=O)OO)C(=O)O)cc1)CN2. The Morgan fingerprint density at radius 3 is 2.64 bits per heavy atom. The Kier molecular flexibility index (Phi) is 7.20. The maximum Gasteiger partial charge on any atom is 0.342 e. The Balaban J connectivity index is 1.58. The summed E-state index contributed by atoms with van der Waals surface area (Å²) < 4.78 is 0. The highest BCUT2D eigenvalue weighted by molar-refractivity contribution is 5.98. The zero-order valence-corrected chi connectivity index (χ0v) is 17.1. The zero-order valence-electron chi connectivity index (χ0n) is 17.1. The molecule has 1 aliphatic rings. The van der Waals surface area contributed by atoms with Gasteiger partial charge in [0.05, 0.1) is 25.2 Å². The van der Waals surface area contributed by atoms with Crippen LogP contribution in [-0.4, -0.2) is 63.0 Å². The number of aliphatic carboxylic acids is 1. The van der Waals surface area contributed by atoms with Gasteiger partial charge in [-0.05, 0) is 30.7 Å². The summed E-state index contributed by atoms with van der Waals surface area (Å²) >= 11 is 0. The third kappa shape index (κ3) is 6.04.